The molecule has 2 aromatic rings. The molecule has 1 unspecified atom stereocenters. The number of thiazole rings is 1. The van der Waals surface area contributed by atoms with Gasteiger partial charge in [0.2, 0.25) is 0 Å². The number of benzene rings is 1. The maximum absolute atomic E-state index is 5.30. The topological polar surface area (TPSA) is 34.1 Å². The lowest BCUT2D eigenvalue weighted by Gasteiger charge is -2.12. The van der Waals surface area contributed by atoms with Crippen LogP contribution in [-0.4, -0.2) is 18.6 Å². The van der Waals surface area contributed by atoms with Gasteiger partial charge in [-0.15, -0.1) is 11.3 Å². The van der Waals surface area contributed by atoms with Crippen LogP contribution in [0.4, 0.5) is 0 Å². The quantitative estimate of drug-likeness (QED) is 0.744. The highest BCUT2D eigenvalue weighted by molar-refractivity contribution is 9.11. The van der Waals surface area contributed by atoms with Gasteiger partial charge in [-0.05, 0) is 49.6 Å². The van der Waals surface area contributed by atoms with Crippen LogP contribution >= 0.6 is 43.2 Å². The summed E-state index contributed by atoms with van der Waals surface area (Å²) in [7, 11) is 1.67. The normalized spacial score (nSPS) is 12.4. The molecular formula is C14H16Br2N2OS. The molecule has 0 aliphatic carbocycles. The van der Waals surface area contributed by atoms with Crippen LogP contribution in [0.3, 0.4) is 0 Å². The Labute approximate surface area is 140 Å². The summed E-state index contributed by atoms with van der Waals surface area (Å²) in [4.78, 5) is 4.34. The summed E-state index contributed by atoms with van der Waals surface area (Å²) >= 11 is 8.74. The van der Waals surface area contributed by atoms with Crippen LogP contribution in [0.15, 0.2) is 32.7 Å². The van der Waals surface area contributed by atoms with Crippen molar-refractivity contribution in [2.45, 2.75) is 19.4 Å². The Morgan fingerprint density at radius 3 is 2.60 bits per heavy atom. The zero-order valence-corrected chi connectivity index (χ0v) is 15.3. The molecule has 1 heterocycles. The van der Waals surface area contributed by atoms with E-state index >= 15 is 0 Å². The molecule has 108 valence electrons. The van der Waals surface area contributed by atoms with Crippen LogP contribution in [0.25, 0.3) is 0 Å². The minimum Gasteiger partial charge on any atom is -0.494 e. The van der Waals surface area contributed by atoms with Gasteiger partial charge in [-0.25, -0.2) is 4.98 Å². The van der Waals surface area contributed by atoms with Crippen molar-refractivity contribution in [2.24, 2.45) is 0 Å². The van der Waals surface area contributed by atoms with Crippen molar-refractivity contribution in [3.05, 3.63) is 43.2 Å². The first-order chi connectivity index (χ1) is 9.61. The molecule has 0 spiro atoms. The van der Waals surface area contributed by atoms with E-state index in [1.807, 2.05) is 11.6 Å². The van der Waals surface area contributed by atoms with Gasteiger partial charge < -0.3 is 10.1 Å². The van der Waals surface area contributed by atoms with Crippen molar-refractivity contribution < 1.29 is 4.74 Å². The second kappa shape index (κ2) is 7.54. The number of aromatic nitrogens is 1. The lowest BCUT2D eigenvalue weighted by molar-refractivity contribution is 0.409. The van der Waals surface area contributed by atoms with Crippen molar-refractivity contribution in [3.8, 4) is 5.75 Å². The highest BCUT2D eigenvalue weighted by Gasteiger charge is 2.10. The van der Waals surface area contributed by atoms with Crippen LogP contribution in [0, 0.1) is 0 Å². The van der Waals surface area contributed by atoms with Gasteiger partial charge in [0.15, 0.2) is 0 Å². The Kier molecular flexibility index (Phi) is 6.01. The largest absolute Gasteiger partial charge is 0.494 e. The fraction of sp³-hybridized carbons (Fsp3) is 0.357. The fourth-order valence-electron chi connectivity index (χ4n) is 1.91. The number of ether oxygens (including phenoxy) is 1. The summed E-state index contributed by atoms with van der Waals surface area (Å²) in [6, 6.07) is 4.15. The number of methoxy groups -OCH3 is 1. The van der Waals surface area contributed by atoms with Gasteiger partial charge in [0.05, 0.1) is 21.1 Å². The number of halogens is 2. The molecule has 2 rings (SSSR count). The Balaban J connectivity index is 1.91. The van der Waals surface area contributed by atoms with Crippen LogP contribution in [0.2, 0.25) is 0 Å². The third-order valence-electron chi connectivity index (χ3n) is 2.91. The smallest absolute Gasteiger partial charge is 0.147 e. The van der Waals surface area contributed by atoms with Crippen LogP contribution in [0.1, 0.15) is 23.4 Å². The van der Waals surface area contributed by atoms with Crippen molar-refractivity contribution in [2.75, 3.05) is 13.7 Å². The number of hydrogen-bond acceptors (Lipinski definition) is 4. The van der Waals surface area contributed by atoms with E-state index in [0.29, 0.717) is 5.92 Å². The molecule has 0 radical (unpaired) electrons. The summed E-state index contributed by atoms with van der Waals surface area (Å²) in [5, 5.41) is 6.66. The number of rotatable bonds is 6. The molecule has 0 aliphatic heterocycles. The highest BCUT2D eigenvalue weighted by atomic mass is 79.9. The molecule has 1 aromatic heterocycles. The molecular weight excluding hydrogens is 404 g/mol. The first kappa shape index (κ1) is 15.9. The van der Waals surface area contributed by atoms with E-state index in [1.165, 1.54) is 10.6 Å². The zero-order valence-electron chi connectivity index (χ0n) is 11.3. The van der Waals surface area contributed by atoms with E-state index in [1.54, 1.807) is 18.4 Å². The molecule has 6 heteroatoms. The average molecular weight is 420 g/mol. The second-order valence-electron chi connectivity index (χ2n) is 4.50. The standard InChI is InChI=1S/C14H16Br2N2OS/c1-9(14-18-3-4-20-14)7-17-8-10-5-11(15)13(19-2)12(16)6-10/h3-6,9,17H,7-8H2,1-2H3. The molecule has 0 fully saturated rings. The minimum atomic E-state index is 0.431. The van der Waals surface area contributed by atoms with Crippen molar-refractivity contribution >= 4 is 43.2 Å². The van der Waals surface area contributed by atoms with Crippen molar-refractivity contribution in [1.29, 1.82) is 0 Å². The fourth-order valence-corrected chi connectivity index (χ4v) is 4.21. The molecule has 0 aliphatic rings. The maximum atomic E-state index is 5.30. The molecule has 0 saturated carbocycles. The van der Waals surface area contributed by atoms with Gasteiger partial charge in [0, 0.05) is 30.6 Å². The summed E-state index contributed by atoms with van der Waals surface area (Å²) in [5.74, 6) is 1.25. The molecule has 0 saturated heterocycles. The van der Waals surface area contributed by atoms with Crippen LogP contribution in [0.5, 0.6) is 5.75 Å². The van der Waals surface area contributed by atoms with Gasteiger partial charge in [-0.2, -0.15) is 0 Å². The average Bonchev–Trinajstić information content (AvgIpc) is 2.92. The lowest BCUT2D eigenvalue weighted by atomic mass is 10.1. The first-order valence-corrected chi connectivity index (χ1v) is 8.70. The summed E-state index contributed by atoms with van der Waals surface area (Å²) in [6.45, 7) is 3.91. The Hall–Kier alpha value is -0.430. The SMILES string of the molecule is COc1c(Br)cc(CNCC(C)c2nccs2)cc1Br. The predicted octanol–water partition coefficient (Wildman–Crippen LogP) is 4.57. The first-order valence-electron chi connectivity index (χ1n) is 6.23. The van der Waals surface area contributed by atoms with Gasteiger partial charge in [-0.1, -0.05) is 6.92 Å². The van der Waals surface area contributed by atoms with Gasteiger partial charge >= 0.3 is 0 Å². The van der Waals surface area contributed by atoms with E-state index in [4.69, 9.17) is 4.74 Å². The monoisotopic (exact) mass is 418 g/mol. The van der Waals surface area contributed by atoms with Gasteiger partial charge in [0.1, 0.15) is 5.75 Å². The molecule has 1 aromatic carbocycles. The third kappa shape index (κ3) is 4.04. The predicted molar refractivity (Wildman–Crippen MR) is 90.6 cm³/mol. The minimum absolute atomic E-state index is 0.431. The lowest BCUT2D eigenvalue weighted by Crippen LogP contribution is -2.19. The van der Waals surface area contributed by atoms with Gasteiger partial charge in [-0.3, -0.25) is 0 Å². The Bertz CT molecular complexity index is 537. The van der Waals surface area contributed by atoms with E-state index in [9.17, 15) is 0 Å². The van der Waals surface area contributed by atoms with E-state index in [2.05, 4.69) is 61.2 Å². The summed E-state index contributed by atoms with van der Waals surface area (Å²) in [5.41, 5.74) is 1.20. The molecule has 20 heavy (non-hydrogen) atoms. The van der Waals surface area contributed by atoms with Crippen LogP contribution in [-0.2, 0) is 6.54 Å². The third-order valence-corrected chi connectivity index (χ3v) is 5.10. The molecule has 0 bridgehead atoms. The van der Waals surface area contributed by atoms with E-state index < -0.39 is 0 Å². The second-order valence-corrected chi connectivity index (χ2v) is 7.13. The molecule has 1 N–H and O–H groups in total. The van der Waals surface area contributed by atoms with Crippen molar-refractivity contribution in [1.82, 2.24) is 10.3 Å². The van der Waals surface area contributed by atoms with E-state index in [-0.39, 0.29) is 0 Å². The van der Waals surface area contributed by atoms with E-state index in [0.717, 1.165) is 27.8 Å². The van der Waals surface area contributed by atoms with Crippen molar-refractivity contribution in [3.63, 3.8) is 0 Å². The van der Waals surface area contributed by atoms with Gasteiger partial charge in [0.25, 0.3) is 0 Å². The molecule has 3 nitrogen and oxygen atoms in total. The summed E-state index contributed by atoms with van der Waals surface area (Å²) < 4.78 is 7.22. The molecule has 1 atom stereocenters. The molecule has 0 amide bonds. The number of nitrogens with one attached hydrogen (secondary N) is 1. The Morgan fingerprint density at radius 2 is 2.05 bits per heavy atom. The number of nitrogens with zero attached hydrogens (tertiary/aromatic N) is 1. The summed E-state index contributed by atoms with van der Waals surface area (Å²) in [6.07, 6.45) is 1.86. The number of hydrogen-bond donors (Lipinski definition) is 1. The van der Waals surface area contributed by atoms with Crippen LogP contribution < -0.4 is 10.1 Å². The zero-order chi connectivity index (χ0) is 14.5. The maximum Gasteiger partial charge on any atom is 0.147 e. The Morgan fingerprint density at radius 1 is 1.35 bits per heavy atom. The highest BCUT2D eigenvalue weighted by Crippen LogP contribution is 2.34.